The first-order valence-corrected chi connectivity index (χ1v) is 5.13. The summed E-state index contributed by atoms with van der Waals surface area (Å²) in [5.74, 6) is 0.739. The summed E-state index contributed by atoms with van der Waals surface area (Å²) in [5.41, 5.74) is 1.93. The van der Waals surface area contributed by atoms with Gasteiger partial charge in [-0.2, -0.15) is 4.98 Å². The predicted molar refractivity (Wildman–Crippen MR) is 61.7 cm³/mol. The van der Waals surface area contributed by atoms with E-state index in [1.807, 2.05) is 29.0 Å². The number of aromatic nitrogens is 4. The second-order valence-electron chi connectivity index (χ2n) is 3.28. The predicted octanol–water partition coefficient (Wildman–Crippen LogP) is 2.47. The summed E-state index contributed by atoms with van der Waals surface area (Å²) in [5, 5.41) is 0.239. The van der Waals surface area contributed by atoms with Crippen molar-refractivity contribution in [2.75, 3.05) is 0 Å². The van der Waals surface area contributed by atoms with Crippen LogP contribution in [0.1, 0.15) is 0 Å². The molecule has 0 atom stereocenters. The van der Waals surface area contributed by atoms with Crippen molar-refractivity contribution in [1.29, 1.82) is 0 Å². The molecule has 0 aromatic carbocycles. The zero-order chi connectivity index (χ0) is 11.0. The van der Waals surface area contributed by atoms with E-state index in [4.69, 9.17) is 11.6 Å². The molecule has 0 bridgehead atoms. The van der Waals surface area contributed by atoms with Crippen molar-refractivity contribution in [2.24, 2.45) is 0 Å². The van der Waals surface area contributed by atoms with Crippen molar-refractivity contribution in [3.8, 4) is 5.82 Å². The molecular formula is C11H7ClN4. The fraction of sp³-hybridized carbons (Fsp3) is 0. The highest BCUT2D eigenvalue weighted by Gasteiger charge is 2.04. The minimum absolute atomic E-state index is 0.239. The van der Waals surface area contributed by atoms with Crippen LogP contribution in [0.2, 0.25) is 5.28 Å². The molecule has 0 saturated heterocycles. The van der Waals surface area contributed by atoms with Crippen LogP contribution in [0.4, 0.5) is 0 Å². The average molecular weight is 231 g/mol. The summed E-state index contributed by atoms with van der Waals surface area (Å²) < 4.78 is 1.93. The van der Waals surface area contributed by atoms with E-state index in [0.29, 0.717) is 0 Å². The van der Waals surface area contributed by atoms with Gasteiger partial charge in [-0.05, 0) is 35.9 Å². The Hall–Kier alpha value is -1.94. The standard InChI is InChI=1S/C11H7ClN4/c12-11-14-6-3-10(15-11)16-7-4-8-9(16)2-1-5-13-8/h1-7H. The van der Waals surface area contributed by atoms with Crippen molar-refractivity contribution < 1.29 is 0 Å². The van der Waals surface area contributed by atoms with Crippen molar-refractivity contribution in [2.45, 2.75) is 0 Å². The Kier molecular flexibility index (Phi) is 2.08. The lowest BCUT2D eigenvalue weighted by molar-refractivity contribution is 1.01. The van der Waals surface area contributed by atoms with Crippen LogP contribution in [-0.4, -0.2) is 19.5 Å². The second-order valence-corrected chi connectivity index (χ2v) is 3.62. The van der Waals surface area contributed by atoms with E-state index in [1.165, 1.54) is 0 Å². The number of hydrogen-bond acceptors (Lipinski definition) is 3. The van der Waals surface area contributed by atoms with Gasteiger partial charge in [0.25, 0.3) is 0 Å². The number of nitrogens with zero attached hydrogens (tertiary/aromatic N) is 4. The molecule has 0 saturated carbocycles. The van der Waals surface area contributed by atoms with E-state index in [9.17, 15) is 0 Å². The highest BCUT2D eigenvalue weighted by molar-refractivity contribution is 6.28. The maximum Gasteiger partial charge on any atom is 0.224 e. The fourth-order valence-corrected chi connectivity index (χ4v) is 1.77. The average Bonchev–Trinajstić information content (AvgIpc) is 2.72. The summed E-state index contributed by atoms with van der Waals surface area (Å²) in [6, 6.07) is 7.61. The van der Waals surface area contributed by atoms with Crippen LogP contribution in [0, 0.1) is 0 Å². The van der Waals surface area contributed by atoms with Crippen LogP contribution in [0.15, 0.2) is 42.9 Å². The van der Waals surface area contributed by atoms with Crippen LogP contribution in [0.5, 0.6) is 0 Å². The molecule has 0 spiro atoms. The Balaban J connectivity index is 2.26. The van der Waals surface area contributed by atoms with E-state index in [0.717, 1.165) is 16.9 Å². The van der Waals surface area contributed by atoms with Gasteiger partial charge in [0.15, 0.2) is 0 Å². The van der Waals surface area contributed by atoms with Crippen LogP contribution in [-0.2, 0) is 0 Å². The lowest BCUT2D eigenvalue weighted by Crippen LogP contribution is -1.96. The van der Waals surface area contributed by atoms with Crippen molar-refractivity contribution in [3.63, 3.8) is 0 Å². The zero-order valence-corrected chi connectivity index (χ0v) is 8.96. The van der Waals surface area contributed by atoms with Gasteiger partial charge in [0.05, 0.1) is 11.0 Å². The highest BCUT2D eigenvalue weighted by atomic mass is 35.5. The van der Waals surface area contributed by atoms with Gasteiger partial charge in [0.1, 0.15) is 5.82 Å². The molecule has 0 unspecified atom stereocenters. The highest BCUT2D eigenvalue weighted by Crippen LogP contribution is 2.17. The molecule has 4 nitrogen and oxygen atoms in total. The van der Waals surface area contributed by atoms with E-state index < -0.39 is 0 Å². The zero-order valence-electron chi connectivity index (χ0n) is 8.21. The Morgan fingerprint density at radius 1 is 1.06 bits per heavy atom. The summed E-state index contributed by atoms with van der Waals surface area (Å²) in [6.07, 6.45) is 5.31. The molecule has 0 aliphatic carbocycles. The van der Waals surface area contributed by atoms with Gasteiger partial charge in [0, 0.05) is 18.6 Å². The molecule has 78 valence electrons. The van der Waals surface area contributed by atoms with Crippen molar-refractivity contribution in [3.05, 3.63) is 48.1 Å². The van der Waals surface area contributed by atoms with E-state index in [2.05, 4.69) is 15.0 Å². The first-order valence-electron chi connectivity index (χ1n) is 4.75. The van der Waals surface area contributed by atoms with E-state index >= 15 is 0 Å². The van der Waals surface area contributed by atoms with Crippen molar-refractivity contribution in [1.82, 2.24) is 19.5 Å². The molecule has 0 aliphatic rings. The molecule has 16 heavy (non-hydrogen) atoms. The molecule has 0 amide bonds. The maximum atomic E-state index is 5.76. The van der Waals surface area contributed by atoms with Gasteiger partial charge < -0.3 is 0 Å². The second kappa shape index (κ2) is 3.57. The Morgan fingerprint density at radius 2 is 2.00 bits per heavy atom. The molecule has 0 aliphatic heterocycles. The number of hydrogen-bond donors (Lipinski definition) is 0. The van der Waals surface area contributed by atoms with E-state index in [-0.39, 0.29) is 5.28 Å². The summed E-state index contributed by atoms with van der Waals surface area (Å²) in [7, 11) is 0. The molecule has 0 N–H and O–H groups in total. The monoisotopic (exact) mass is 230 g/mol. The number of rotatable bonds is 1. The third-order valence-corrected chi connectivity index (χ3v) is 2.50. The normalized spacial score (nSPS) is 10.8. The minimum Gasteiger partial charge on any atom is -0.299 e. The molecule has 5 heteroatoms. The quantitative estimate of drug-likeness (QED) is 0.603. The molecule has 3 aromatic heterocycles. The van der Waals surface area contributed by atoms with Gasteiger partial charge >= 0.3 is 0 Å². The molecule has 3 rings (SSSR count). The Bertz CT molecular complexity index is 647. The molecule has 0 radical (unpaired) electrons. The molecule has 0 fully saturated rings. The van der Waals surface area contributed by atoms with Crippen LogP contribution >= 0.6 is 11.6 Å². The van der Waals surface area contributed by atoms with Crippen LogP contribution < -0.4 is 0 Å². The lowest BCUT2D eigenvalue weighted by atomic mass is 10.4. The van der Waals surface area contributed by atoms with Crippen LogP contribution in [0.3, 0.4) is 0 Å². The lowest BCUT2D eigenvalue weighted by Gasteiger charge is -2.03. The maximum absolute atomic E-state index is 5.76. The van der Waals surface area contributed by atoms with Gasteiger partial charge in [-0.3, -0.25) is 9.55 Å². The third kappa shape index (κ3) is 1.44. The summed E-state index contributed by atoms with van der Waals surface area (Å²) in [6.45, 7) is 0. The van der Waals surface area contributed by atoms with Gasteiger partial charge in [-0.25, -0.2) is 4.98 Å². The third-order valence-electron chi connectivity index (χ3n) is 2.32. The Labute approximate surface area is 96.6 Å². The molecule has 3 aromatic rings. The summed E-state index contributed by atoms with van der Waals surface area (Å²) in [4.78, 5) is 12.3. The number of pyridine rings is 1. The number of halogens is 1. The smallest absolute Gasteiger partial charge is 0.224 e. The first kappa shape index (κ1) is 9.30. The van der Waals surface area contributed by atoms with Gasteiger partial charge in [-0.1, -0.05) is 0 Å². The van der Waals surface area contributed by atoms with Gasteiger partial charge in [-0.15, -0.1) is 0 Å². The largest absolute Gasteiger partial charge is 0.299 e. The Morgan fingerprint density at radius 3 is 2.88 bits per heavy atom. The minimum atomic E-state index is 0.239. The van der Waals surface area contributed by atoms with Crippen LogP contribution in [0.25, 0.3) is 16.9 Å². The SMILES string of the molecule is Clc1nccc(-n2ccc3ncccc32)n1. The van der Waals surface area contributed by atoms with Crippen molar-refractivity contribution >= 4 is 22.6 Å². The molecular weight excluding hydrogens is 224 g/mol. The van der Waals surface area contributed by atoms with Gasteiger partial charge in [0.2, 0.25) is 5.28 Å². The summed E-state index contributed by atoms with van der Waals surface area (Å²) >= 11 is 5.76. The molecule has 3 heterocycles. The fourth-order valence-electron chi connectivity index (χ4n) is 1.63. The van der Waals surface area contributed by atoms with E-state index in [1.54, 1.807) is 18.5 Å². The topological polar surface area (TPSA) is 43.6 Å². The number of fused-ring (bicyclic) bond motifs is 1. The first-order chi connectivity index (χ1) is 7.84.